The molecule has 0 bridgehead atoms. The van der Waals surface area contributed by atoms with Gasteiger partial charge in [-0.2, -0.15) is 0 Å². The Morgan fingerprint density at radius 2 is 1.72 bits per heavy atom. The molecule has 1 aromatic heterocycles. The van der Waals surface area contributed by atoms with Crippen molar-refractivity contribution in [2.75, 3.05) is 13.2 Å². The van der Waals surface area contributed by atoms with Crippen molar-refractivity contribution in [1.29, 1.82) is 0 Å². The van der Waals surface area contributed by atoms with Gasteiger partial charge in [0.2, 0.25) is 0 Å². The largest absolute Gasteiger partial charge is 0.490 e. The number of aromatic nitrogens is 1. The van der Waals surface area contributed by atoms with Gasteiger partial charge in [0.05, 0.1) is 12.2 Å². The molecule has 0 radical (unpaired) electrons. The molecule has 0 spiro atoms. The number of hydrazine groups is 1. The van der Waals surface area contributed by atoms with Crippen molar-refractivity contribution >= 4 is 23.6 Å². The molecule has 1 heterocycles. The van der Waals surface area contributed by atoms with Crippen LogP contribution in [0.2, 0.25) is 0 Å². The van der Waals surface area contributed by atoms with Gasteiger partial charge in [-0.25, -0.2) is 4.98 Å². The smallest absolute Gasteiger partial charge is 0.276 e. The summed E-state index contributed by atoms with van der Waals surface area (Å²) in [7, 11) is 0. The number of hydrogen-bond donors (Lipinski definition) is 2. The van der Waals surface area contributed by atoms with Gasteiger partial charge < -0.3 is 9.47 Å². The van der Waals surface area contributed by atoms with E-state index < -0.39 is 11.8 Å². The van der Waals surface area contributed by atoms with Crippen LogP contribution in [-0.2, 0) is 4.79 Å². The zero-order valence-electron chi connectivity index (χ0n) is 18.2. The highest BCUT2D eigenvalue weighted by Gasteiger charge is 2.15. The molecule has 2 N–H and O–H groups in total. The normalized spacial score (nSPS) is 10.3. The van der Waals surface area contributed by atoms with E-state index in [1.165, 1.54) is 11.8 Å². The molecule has 0 aliphatic rings. The van der Waals surface area contributed by atoms with E-state index in [9.17, 15) is 9.59 Å². The standard InChI is InChI=1S/C24H25N3O4S/c1-4-30-19-9-5-6-10-20(19)31-15-22(28)26-27-23(29)18-8-7-13-25-24(18)32-21-14-16(2)11-12-17(21)3/h5-14H,4,15H2,1-3H3,(H,26,28)(H,27,29). The summed E-state index contributed by atoms with van der Waals surface area (Å²) in [4.78, 5) is 30.2. The Bertz CT molecular complexity index is 1100. The fourth-order valence-corrected chi connectivity index (χ4v) is 3.85. The molecule has 0 aliphatic heterocycles. The van der Waals surface area contributed by atoms with Gasteiger partial charge in [0.25, 0.3) is 11.8 Å². The summed E-state index contributed by atoms with van der Waals surface area (Å²) in [5.74, 6) is 0.0387. The van der Waals surface area contributed by atoms with Gasteiger partial charge in [-0.3, -0.25) is 20.4 Å². The van der Waals surface area contributed by atoms with Crippen LogP contribution in [0.1, 0.15) is 28.4 Å². The summed E-state index contributed by atoms with van der Waals surface area (Å²) in [5, 5.41) is 0.551. The Morgan fingerprint density at radius 1 is 0.969 bits per heavy atom. The lowest BCUT2D eigenvalue weighted by molar-refractivity contribution is -0.123. The maximum absolute atomic E-state index is 12.7. The van der Waals surface area contributed by atoms with Crippen molar-refractivity contribution in [3.8, 4) is 11.5 Å². The molecule has 0 saturated heterocycles. The Kier molecular flexibility index (Phi) is 8.10. The number of pyridine rings is 1. The maximum Gasteiger partial charge on any atom is 0.276 e. The fraction of sp³-hybridized carbons (Fsp3) is 0.208. The minimum Gasteiger partial charge on any atom is -0.490 e. The van der Waals surface area contributed by atoms with E-state index in [1.807, 2.05) is 39.0 Å². The lowest BCUT2D eigenvalue weighted by atomic mass is 10.2. The number of carbonyl (C=O) groups excluding carboxylic acids is 2. The van der Waals surface area contributed by atoms with Crippen LogP contribution in [0.5, 0.6) is 11.5 Å². The summed E-state index contributed by atoms with van der Waals surface area (Å²) in [6, 6.07) is 16.5. The molecule has 2 aromatic carbocycles. The second-order valence-electron chi connectivity index (χ2n) is 6.90. The molecule has 0 saturated carbocycles. The summed E-state index contributed by atoms with van der Waals surface area (Å²) < 4.78 is 11.0. The number of ether oxygens (including phenoxy) is 2. The molecular formula is C24H25N3O4S. The molecule has 166 valence electrons. The average Bonchev–Trinajstić information content (AvgIpc) is 2.80. The van der Waals surface area contributed by atoms with Gasteiger partial charge in [-0.1, -0.05) is 36.0 Å². The van der Waals surface area contributed by atoms with Crippen molar-refractivity contribution in [2.24, 2.45) is 0 Å². The number of aryl methyl sites for hydroxylation is 2. The number of rotatable bonds is 8. The minimum absolute atomic E-state index is 0.276. The van der Waals surface area contributed by atoms with Crippen LogP contribution < -0.4 is 20.3 Å². The van der Waals surface area contributed by atoms with Gasteiger partial charge in [0.1, 0.15) is 5.03 Å². The first-order valence-electron chi connectivity index (χ1n) is 10.1. The third kappa shape index (κ3) is 6.24. The first kappa shape index (κ1) is 23.1. The monoisotopic (exact) mass is 451 g/mol. The topological polar surface area (TPSA) is 89.5 Å². The molecule has 0 fully saturated rings. The molecule has 7 nitrogen and oxygen atoms in total. The molecule has 2 amide bonds. The summed E-state index contributed by atoms with van der Waals surface area (Å²) in [6.45, 7) is 6.09. The van der Waals surface area contributed by atoms with Crippen molar-refractivity contribution in [3.05, 3.63) is 77.5 Å². The van der Waals surface area contributed by atoms with E-state index in [-0.39, 0.29) is 6.61 Å². The van der Waals surface area contributed by atoms with Crippen LogP contribution >= 0.6 is 11.8 Å². The number of amides is 2. The molecule has 3 rings (SSSR count). The number of para-hydroxylation sites is 2. The predicted molar refractivity (Wildman–Crippen MR) is 123 cm³/mol. The van der Waals surface area contributed by atoms with Crippen molar-refractivity contribution in [1.82, 2.24) is 15.8 Å². The quantitative estimate of drug-likeness (QED) is 0.502. The van der Waals surface area contributed by atoms with Crippen LogP contribution in [0.4, 0.5) is 0 Å². The summed E-state index contributed by atoms with van der Waals surface area (Å²) in [6.07, 6.45) is 1.63. The second kappa shape index (κ2) is 11.2. The van der Waals surface area contributed by atoms with Crippen LogP contribution in [0.15, 0.2) is 70.7 Å². The van der Waals surface area contributed by atoms with E-state index in [0.29, 0.717) is 28.7 Å². The van der Waals surface area contributed by atoms with E-state index in [1.54, 1.807) is 36.5 Å². The van der Waals surface area contributed by atoms with Gasteiger partial charge in [-0.05, 0) is 62.2 Å². The molecule has 0 atom stereocenters. The third-order valence-corrected chi connectivity index (χ3v) is 5.57. The van der Waals surface area contributed by atoms with Crippen molar-refractivity contribution in [2.45, 2.75) is 30.7 Å². The second-order valence-corrected chi connectivity index (χ2v) is 7.93. The van der Waals surface area contributed by atoms with Crippen molar-refractivity contribution in [3.63, 3.8) is 0 Å². The third-order valence-electron chi connectivity index (χ3n) is 4.39. The van der Waals surface area contributed by atoms with E-state index in [4.69, 9.17) is 9.47 Å². The highest BCUT2D eigenvalue weighted by Crippen LogP contribution is 2.31. The summed E-state index contributed by atoms with van der Waals surface area (Å²) >= 11 is 1.41. The lowest BCUT2D eigenvalue weighted by Crippen LogP contribution is -2.44. The first-order chi connectivity index (χ1) is 15.5. The van der Waals surface area contributed by atoms with Crippen LogP contribution in [0.25, 0.3) is 0 Å². The summed E-state index contributed by atoms with van der Waals surface area (Å²) in [5.41, 5.74) is 7.38. The molecular weight excluding hydrogens is 426 g/mol. The lowest BCUT2D eigenvalue weighted by Gasteiger charge is -2.13. The van der Waals surface area contributed by atoms with E-state index >= 15 is 0 Å². The van der Waals surface area contributed by atoms with Crippen molar-refractivity contribution < 1.29 is 19.1 Å². The molecule has 3 aromatic rings. The SMILES string of the molecule is CCOc1ccccc1OCC(=O)NNC(=O)c1cccnc1Sc1cc(C)ccc1C. The molecule has 32 heavy (non-hydrogen) atoms. The predicted octanol–water partition coefficient (Wildman–Crippen LogP) is 4.09. The highest BCUT2D eigenvalue weighted by molar-refractivity contribution is 7.99. The van der Waals surface area contributed by atoms with Crippen LogP contribution in [0.3, 0.4) is 0 Å². The molecule has 0 aliphatic carbocycles. The number of benzene rings is 2. The Labute approximate surface area is 191 Å². The molecule has 8 heteroatoms. The zero-order valence-corrected chi connectivity index (χ0v) is 19.0. The van der Waals surface area contributed by atoms with Gasteiger partial charge >= 0.3 is 0 Å². The number of nitrogens with one attached hydrogen (secondary N) is 2. The number of hydrogen-bond acceptors (Lipinski definition) is 6. The zero-order chi connectivity index (χ0) is 22.9. The van der Waals surface area contributed by atoms with Gasteiger partial charge in [0, 0.05) is 11.1 Å². The molecule has 0 unspecified atom stereocenters. The number of carbonyl (C=O) groups is 2. The van der Waals surface area contributed by atoms with E-state index in [2.05, 4.69) is 21.9 Å². The Hall–Kier alpha value is -3.52. The number of nitrogens with zero attached hydrogens (tertiary/aromatic N) is 1. The van der Waals surface area contributed by atoms with Crippen LogP contribution in [-0.4, -0.2) is 30.0 Å². The minimum atomic E-state index is -0.503. The Morgan fingerprint density at radius 3 is 2.47 bits per heavy atom. The Balaban J connectivity index is 1.59. The van der Waals surface area contributed by atoms with E-state index in [0.717, 1.165) is 16.0 Å². The van der Waals surface area contributed by atoms with Crippen LogP contribution in [0, 0.1) is 13.8 Å². The maximum atomic E-state index is 12.7. The highest BCUT2D eigenvalue weighted by atomic mass is 32.2. The van der Waals surface area contributed by atoms with Gasteiger partial charge in [0.15, 0.2) is 18.1 Å². The average molecular weight is 452 g/mol. The van der Waals surface area contributed by atoms with Gasteiger partial charge in [-0.15, -0.1) is 0 Å². The first-order valence-corrected chi connectivity index (χ1v) is 10.9. The fourth-order valence-electron chi connectivity index (χ4n) is 2.78.